The molecular weight excluding hydrogens is 350 g/mol. The van der Waals surface area contributed by atoms with Crippen LogP contribution in [0.2, 0.25) is 0 Å². The lowest BCUT2D eigenvalue weighted by Gasteiger charge is -2.36. The van der Waals surface area contributed by atoms with Gasteiger partial charge in [0.2, 0.25) is 0 Å². The molecular formula is C22H37N5O. The van der Waals surface area contributed by atoms with Crippen LogP contribution in [0.5, 0.6) is 0 Å². The van der Waals surface area contributed by atoms with Gasteiger partial charge in [-0.15, -0.1) is 0 Å². The third kappa shape index (κ3) is 6.11. The molecule has 0 saturated carbocycles. The summed E-state index contributed by atoms with van der Waals surface area (Å²) in [7, 11) is 1.87. The summed E-state index contributed by atoms with van der Waals surface area (Å²) >= 11 is 0. The summed E-state index contributed by atoms with van der Waals surface area (Å²) in [5.74, 6) is 1.60. The lowest BCUT2D eigenvalue weighted by atomic mass is 10.0. The Bertz CT molecular complexity index is 600. The van der Waals surface area contributed by atoms with Crippen LogP contribution in [0.15, 0.2) is 35.3 Å². The standard InChI is InChI=1S/C22H37N5O/c1-18(2)15-21(26-11-13-28-14-12-26)16-24-22(23-3)25-19-9-10-27(17-19)20-7-5-4-6-8-20/h4-8,18-19,21H,9-17H2,1-3H3,(H2,23,24,25). The molecule has 156 valence electrons. The Labute approximate surface area is 170 Å². The van der Waals surface area contributed by atoms with E-state index in [1.54, 1.807) is 0 Å². The van der Waals surface area contributed by atoms with Crippen molar-refractivity contribution in [2.75, 3.05) is 57.9 Å². The number of ether oxygens (including phenoxy) is 1. The average Bonchev–Trinajstić information content (AvgIpc) is 3.19. The predicted molar refractivity (Wildman–Crippen MR) is 117 cm³/mol. The van der Waals surface area contributed by atoms with Crippen LogP contribution in [0, 0.1) is 5.92 Å². The molecule has 0 radical (unpaired) electrons. The summed E-state index contributed by atoms with van der Waals surface area (Å²) in [4.78, 5) is 9.49. The minimum Gasteiger partial charge on any atom is -0.379 e. The first-order valence-electron chi connectivity index (χ1n) is 10.7. The third-order valence-corrected chi connectivity index (χ3v) is 5.68. The highest BCUT2D eigenvalue weighted by molar-refractivity contribution is 5.80. The minimum atomic E-state index is 0.429. The number of anilines is 1. The molecule has 2 aliphatic heterocycles. The van der Waals surface area contributed by atoms with Crippen LogP contribution in [0.4, 0.5) is 5.69 Å². The van der Waals surface area contributed by atoms with Crippen LogP contribution in [0.3, 0.4) is 0 Å². The SMILES string of the molecule is CN=C(NCC(CC(C)C)N1CCOCC1)NC1CCN(c2ccccc2)C1. The Hall–Kier alpha value is -1.79. The Morgan fingerprint density at radius 1 is 1.18 bits per heavy atom. The smallest absolute Gasteiger partial charge is 0.191 e. The van der Waals surface area contributed by atoms with E-state index in [9.17, 15) is 0 Å². The van der Waals surface area contributed by atoms with Crippen molar-refractivity contribution in [3.8, 4) is 0 Å². The molecule has 2 aliphatic rings. The van der Waals surface area contributed by atoms with E-state index < -0.39 is 0 Å². The van der Waals surface area contributed by atoms with Gasteiger partial charge >= 0.3 is 0 Å². The lowest BCUT2D eigenvalue weighted by molar-refractivity contribution is 0.0132. The van der Waals surface area contributed by atoms with Gasteiger partial charge in [-0.1, -0.05) is 32.0 Å². The highest BCUT2D eigenvalue weighted by Gasteiger charge is 2.25. The van der Waals surface area contributed by atoms with Crippen molar-refractivity contribution in [2.45, 2.75) is 38.8 Å². The van der Waals surface area contributed by atoms with E-state index >= 15 is 0 Å². The molecule has 2 atom stereocenters. The highest BCUT2D eigenvalue weighted by Crippen LogP contribution is 2.19. The highest BCUT2D eigenvalue weighted by atomic mass is 16.5. The summed E-state index contributed by atoms with van der Waals surface area (Å²) in [6, 6.07) is 11.6. The second-order valence-electron chi connectivity index (χ2n) is 8.30. The lowest BCUT2D eigenvalue weighted by Crippen LogP contribution is -2.52. The van der Waals surface area contributed by atoms with Gasteiger partial charge in [0.05, 0.1) is 13.2 Å². The molecule has 0 amide bonds. The molecule has 2 fully saturated rings. The van der Waals surface area contributed by atoms with Gasteiger partial charge in [0, 0.05) is 57.5 Å². The normalized spacial score (nSPS) is 22.5. The molecule has 3 rings (SSSR count). The number of morpholine rings is 1. The molecule has 2 N–H and O–H groups in total. The summed E-state index contributed by atoms with van der Waals surface area (Å²) < 4.78 is 5.53. The first-order chi connectivity index (χ1) is 13.7. The van der Waals surface area contributed by atoms with Crippen molar-refractivity contribution in [3.05, 3.63) is 30.3 Å². The number of aliphatic imine (C=N–C) groups is 1. The molecule has 1 aromatic carbocycles. The minimum absolute atomic E-state index is 0.429. The number of nitrogens with one attached hydrogen (secondary N) is 2. The zero-order valence-corrected chi connectivity index (χ0v) is 17.7. The van der Waals surface area contributed by atoms with Gasteiger partial charge in [0.25, 0.3) is 0 Å². The van der Waals surface area contributed by atoms with Crippen LogP contribution in [-0.2, 0) is 4.74 Å². The number of benzene rings is 1. The maximum Gasteiger partial charge on any atom is 0.191 e. The van der Waals surface area contributed by atoms with Crippen molar-refractivity contribution in [2.24, 2.45) is 10.9 Å². The fourth-order valence-corrected chi connectivity index (χ4v) is 4.20. The van der Waals surface area contributed by atoms with Gasteiger partial charge in [0.1, 0.15) is 0 Å². The molecule has 0 spiro atoms. The van der Waals surface area contributed by atoms with Crippen molar-refractivity contribution in [1.29, 1.82) is 0 Å². The van der Waals surface area contributed by atoms with Crippen molar-refractivity contribution in [3.63, 3.8) is 0 Å². The predicted octanol–water partition coefficient (Wildman–Crippen LogP) is 2.18. The van der Waals surface area contributed by atoms with Crippen molar-refractivity contribution < 1.29 is 4.74 Å². The fourth-order valence-electron chi connectivity index (χ4n) is 4.20. The topological polar surface area (TPSA) is 52.1 Å². The molecule has 0 aromatic heterocycles. The quantitative estimate of drug-likeness (QED) is 0.555. The molecule has 6 nitrogen and oxygen atoms in total. The number of rotatable bonds is 7. The first kappa shape index (κ1) is 20.9. The molecule has 28 heavy (non-hydrogen) atoms. The van der Waals surface area contributed by atoms with E-state index in [2.05, 4.69) is 69.6 Å². The van der Waals surface area contributed by atoms with Crippen LogP contribution >= 0.6 is 0 Å². The summed E-state index contributed by atoms with van der Waals surface area (Å²) in [5, 5.41) is 7.22. The molecule has 2 unspecified atom stereocenters. The van der Waals surface area contributed by atoms with E-state index in [4.69, 9.17) is 4.74 Å². The van der Waals surface area contributed by atoms with Crippen molar-refractivity contribution >= 4 is 11.6 Å². The Morgan fingerprint density at radius 3 is 2.61 bits per heavy atom. The van der Waals surface area contributed by atoms with E-state index in [-0.39, 0.29) is 0 Å². The molecule has 2 heterocycles. The zero-order chi connectivity index (χ0) is 19.8. The van der Waals surface area contributed by atoms with E-state index in [1.165, 1.54) is 12.1 Å². The van der Waals surface area contributed by atoms with Crippen molar-refractivity contribution in [1.82, 2.24) is 15.5 Å². The van der Waals surface area contributed by atoms with Crippen LogP contribution in [-0.4, -0.2) is 75.9 Å². The molecule has 6 heteroatoms. The Balaban J connectivity index is 1.49. The number of para-hydroxylation sites is 1. The summed E-state index contributed by atoms with van der Waals surface area (Å²) in [6.07, 6.45) is 2.32. The molecule has 2 saturated heterocycles. The van der Waals surface area contributed by atoms with Crippen LogP contribution in [0.1, 0.15) is 26.7 Å². The second-order valence-corrected chi connectivity index (χ2v) is 8.30. The van der Waals surface area contributed by atoms with Gasteiger partial charge in [-0.2, -0.15) is 0 Å². The summed E-state index contributed by atoms with van der Waals surface area (Å²) in [6.45, 7) is 11.4. The second kappa shape index (κ2) is 10.7. The van der Waals surface area contributed by atoms with Gasteiger partial charge in [0.15, 0.2) is 5.96 Å². The zero-order valence-electron chi connectivity index (χ0n) is 17.7. The fraction of sp³-hybridized carbons (Fsp3) is 0.682. The molecule has 0 aliphatic carbocycles. The average molecular weight is 388 g/mol. The largest absolute Gasteiger partial charge is 0.379 e. The number of nitrogens with zero attached hydrogens (tertiary/aromatic N) is 3. The van der Waals surface area contributed by atoms with Gasteiger partial charge in [-0.3, -0.25) is 9.89 Å². The number of guanidine groups is 1. The van der Waals surface area contributed by atoms with Gasteiger partial charge in [-0.25, -0.2) is 0 Å². The van der Waals surface area contributed by atoms with E-state index in [0.717, 1.165) is 58.3 Å². The monoisotopic (exact) mass is 387 g/mol. The number of hydrogen-bond donors (Lipinski definition) is 2. The Kier molecular flexibility index (Phi) is 7.98. The van der Waals surface area contributed by atoms with Crippen LogP contribution < -0.4 is 15.5 Å². The van der Waals surface area contributed by atoms with E-state index in [1.807, 2.05) is 7.05 Å². The summed E-state index contributed by atoms with van der Waals surface area (Å²) in [5.41, 5.74) is 1.30. The molecule has 0 bridgehead atoms. The van der Waals surface area contributed by atoms with Gasteiger partial charge in [-0.05, 0) is 30.9 Å². The maximum absolute atomic E-state index is 5.53. The van der Waals surface area contributed by atoms with E-state index in [0.29, 0.717) is 18.0 Å². The third-order valence-electron chi connectivity index (χ3n) is 5.68. The first-order valence-corrected chi connectivity index (χ1v) is 10.7. The number of hydrogen-bond acceptors (Lipinski definition) is 4. The Morgan fingerprint density at radius 2 is 1.93 bits per heavy atom. The van der Waals surface area contributed by atoms with Gasteiger partial charge < -0.3 is 20.3 Å². The maximum atomic E-state index is 5.53. The molecule has 1 aromatic rings. The van der Waals surface area contributed by atoms with Crippen LogP contribution in [0.25, 0.3) is 0 Å².